The number of carboxylic acid groups (broad SMARTS) is 1. The van der Waals surface area contributed by atoms with Gasteiger partial charge in [-0.2, -0.15) is 0 Å². The highest BCUT2D eigenvalue weighted by molar-refractivity contribution is 5.72. The molecule has 0 aromatic rings. The lowest BCUT2D eigenvalue weighted by atomic mass is 10.1. The average molecular weight is 641 g/mol. The number of carboxylic acids is 1. The van der Waals surface area contributed by atoms with Crippen LogP contribution >= 0.6 is 0 Å². The minimum atomic E-state index is -0.876. The molecule has 264 valence electrons. The van der Waals surface area contributed by atoms with Gasteiger partial charge in [0, 0.05) is 19.3 Å². The molecule has 0 aliphatic heterocycles. The number of unbranched alkanes of at least 4 members (excludes halogenated alkanes) is 16. The Labute approximate surface area is 276 Å². The second-order valence-corrected chi connectivity index (χ2v) is 13.5. The third-order valence-corrected chi connectivity index (χ3v) is 8.16. The van der Waals surface area contributed by atoms with E-state index in [2.05, 4.69) is 26.0 Å². The maximum atomic E-state index is 12.6. The molecule has 2 atom stereocenters. The number of carbonyl (C=O) groups is 3. The van der Waals surface area contributed by atoms with E-state index in [0.29, 0.717) is 19.3 Å². The molecule has 8 nitrogen and oxygen atoms in total. The van der Waals surface area contributed by atoms with Crippen LogP contribution in [0.2, 0.25) is 0 Å². The van der Waals surface area contributed by atoms with Crippen LogP contribution in [0.5, 0.6) is 0 Å². The maximum absolute atomic E-state index is 12.6. The van der Waals surface area contributed by atoms with Gasteiger partial charge in [-0.05, 0) is 32.1 Å². The van der Waals surface area contributed by atoms with Crippen molar-refractivity contribution in [1.29, 1.82) is 0 Å². The number of esters is 2. The highest BCUT2D eigenvalue weighted by atomic mass is 16.6. The van der Waals surface area contributed by atoms with Crippen molar-refractivity contribution in [3.8, 4) is 0 Å². The summed E-state index contributed by atoms with van der Waals surface area (Å²) in [5.41, 5.74) is 0. The van der Waals surface area contributed by atoms with Crippen molar-refractivity contribution in [3.05, 3.63) is 12.2 Å². The minimum absolute atomic E-state index is 0.0498. The molecule has 0 aromatic heterocycles. The molecule has 2 unspecified atom stereocenters. The van der Waals surface area contributed by atoms with Gasteiger partial charge in [0.2, 0.25) is 0 Å². The van der Waals surface area contributed by atoms with Gasteiger partial charge in [0.1, 0.15) is 6.61 Å². The maximum Gasteiger partial charge on any atom is 0.362 e. The van der Waals surface area contributed by atoms with Gasteiger partial charge >= 0.3 is 17.9 Å². The van der Waals surface area contributed by atoms with Gasteiger partial charge in [0.25, 0.3) is 0 Å². The van der Waals surface area contributed by atoms with Gasteiger partial charge in [-0.25, -0.2) is 4.79 Å². The van der Waals surface area contributed by atoms with Gasteiger partial charge in [-0.15, -0.1) is 0 Å². The van der Waals surface area contributed by atoms with Gasteiger partial charge in [0.15, 0.2) is 12.1 Å². The van der Waals surface area contributed by atoms with E-state index in [1.807, 2.05) is 21.1 Å². The third kappa shape index (κ3) is 28.1. The molecule has 0 heterocycles. The molecule has 0 fully saturated rings. The van der Waals surface area contributed by atoms with E-state index < -0.39 is 18.1 Å². The molecule has 8 heteroatoms. The van der Waals surface area contributed by atoms with Crippen molar-refractivity contribution in [2.45, 2.75) is 167 Å². The predicted octanol–water partition coefficient (Wildman–Crippen LogP) is 8.80. The first-order chi connectivity index (χ1) is 21.6. The number of ether oxygens (including phenoxy) is 3. The van der Waals surface area contributed by atoms with E-state index in [1.165, 1.54) is 70.6 Å². The quantitative estimate of drug-likeness (QED) is 0.0339. The summed E-state index contributed by atoms with van der Waals surface area (Å²) < 4.78 is 17.1. The molecule has 0 bridgehead atoms. The number of quaternary nitrogens is 1. The second-order valence-electron chi connectivity index (χ2n) is 13.5. The first-order valence-corrected chi connectivity index (χ1v) is 18.2. The molecule has 45 heavy (non-hydrogen) atoms. The Morgan fingerprint density at radius 2 is 1.13 bits per heavy atom. The Bertz CT molecular complexity index is 762. The summed E-state index contributed by atoms with van der Waals surface area (Å²) in [6, 6.07) is -0.609. The van der Waals surface area contributed by atoms with Crippen molar-refractivity contribution in [1.82, 2.24) is 0 Å². The number of likely N-dealkylation sites (N-methyl/N-ethyl adjacent to an activating group) is 1. The highest BCUT2D eigenvalue weighted by Crippen LogP contribution is 2.13. The number of nitrogens with zero attached hydrogens (tertiary/aromatic N) is 1. The number of hydrogen-bond donors (Lipinski definition) is 1. The van der Waals surface area contributed by atoms with Gasteiger partial charge in [-0.3, -0.25) is 9.59 Å². The summed E-state index contributed by atoms with van der Waals surface area (Å²) in [4.78, 5) is 36.6. The predicted molar refractivity (Wildman–Crippen MR) is 183 cm³/mol. The summed E-state index contributed by atoms with van der Waals surface area (Å²) in [6.07, 6.45) is 26.8. The fourth-order valence-electron chi connectivity index (χ4n) is 5.25. The molecule has 0 aliphatic carbocycles. The van der Waals surface area contributed by atoms with E-state index in [-0.39, 0.29) is 36.2 Å². The van der Waals surface area contributed by atoms with E-state index in [1.54, 1.807) is 0 Å². The number of carbonyl (C=O) groups excluding carboxylic acids is 2. The van der Waals surface area contributed by atoms with E-state index in [4.69, 9.17) is 14.2 Å². The SMILES string of the molecule is CCCC/C=C\CCCCCCCC(=O)OC(COCCC(C(=O)O)[N+](C)(C)C)COC(=O)CCCCCCCCCCCC. The number of allylic oxidation sites excluding steroid dienone is 2. The lowest BCUT2D eigenvalue weighted by Gasteiger charge is -2.31. The zero-order valence-electron chi connectivity index (χ0n) is 29.8. The van der Waals surface area contributed by atoms with Crippen molar-refractivity contribution < 1.29 is 38.2 Å². The van der Waals surface area contributed by atoms with E-state index >= 15 is 0 Å². The van der Waals surface area contributed by atoms with Gasteiger partial charge < -0.3 is 23.8 Å². The zero-order valence-corrected chi connectivity index (χ0v) is 29.8. The third-order valence-electron chi connectivity index (χ3n) is 8.16. The molecule has 0 saturated heterocycles. The van der Waals surface area contributed by atoms with Crippen LogP contribution in [0.1, 0.15) is 155 Å². The molecular formula is C37H70NO7+. The molecular weight excluding hydrogens is 570 g/mol. The van der Waals surface area contributed by atoms with Crippen molar-refractivity contribution >= 4 is 17.9 Å². The van der Waals surface area contributed by atoms with E-state index in [0.717, 1.165) is 51.4 Å². The molecule has 0 radical (unpaired) electrons. The summed E-state index contributed by atoms with van der Waals surface area (Å²) >= 11 is 0. The molecule has 1 N–H and O–H groups in total. The lowest BCUT2D eigenvalue weighted by Crippen LogP contribution is -2.50. The Kier molecular flexibility index (Phi) is 28.2. The Hall–Kier alpha value is -1.93. The first kappa shape index (κ1) is 43.1. The summed E-state index contributed by atoms with van der Waals surface area (Å²) in [7, 11) is 5.51. The van der Waals surface area contributed by atoms with Gasteiger partial charge in [-0.1, -0.05) is 116 Å². The smallest absolute Gasteiger partial charge is 0.362 e. The zero-order chi connectivity index (χ0) is 33.6. The van der Waals surface area contributed by atoms with Crippen LogP contribution in [0.3, 0.4) is 0 Å². The van der Waals surface area contributed by atoms with Crippen molar-refractivity contribution in [3.63, 3.8) is 0 Å². The van der Waals surface area contributed by atoms with Crippen LogP contribution < -0.4 is 0 Å². The molecule has 0 saturated carbocycles. The highest BCUT2D eigenvalue weighted by Gasteiger charge is 2.31. The molecule has 0 rings (SSSR count). The van der Waals surface area contributed by atoms with Crippen LogP contribution in [0.25, 0.3) is 0 Å². The molecule has 0 amide bonds. The Morgan fingerprint density at radius 3 is 1.67 bits per heavy atom. The topological polar surface area (TPSA) is 99.1 Å². The number of rotatable bonds is 32. The first-order valence-electron chi connectivity index (χ1n) is 18.2. The average Bonchev–Trinajstić information content (AvgIpc) is 2.98. The van der Waals surface area contributed by atoms with Crippen molar-refractivity contribution in [2.24, 2.45) is 0 Å². The molecule has 0 spiro atoms. The Morgan fingerprint density at radius 1 is 0.644 bits per heavy atom. The number of aliphatic carboxylic acids is 1. The number of hydrogen-bond acceptors (Lipinski definition) is 6. The van der Waals surface area contributed by atoms with Crippen LogP contribution in [0.4, 0.5) is 0 Å². The van der Waals surface area contributed by atoms with Crippen LogP contribution in [-0.2, 0) is 28.6 Å². The summed E-state index contributed by atoms with van der Waals surface area (Å²) in [5.74, 6) is -1.48. The standard InChI is InChI=1S/C37H69NO7/c1-6-8-10-12-14-16-18-20-22-24-26-28-36(40)45-33(31-43-30-29-34(37(41)42)38(3,4)5)32-44-35(39)27-25-23-21-19-17-15-13-11-9-7-2/h12,14,33-34H,6-11,13,15-32H2,1-5H3/p+1/b14-12-. The fraction of sp³-hybridized carbons (Fsp3) is 0.865. The summed E-state index contributed by atoms with van der Waals surface area (Å²) in [6.45, 7) is 4.66. The normalized spacial score (nSPS) is 13.2. The monoisotopic (exact) mass is 641 g/mol. The van der Waals surface area contributed by atoms with Crippen molar-refractivity contribution in [2.75, 3.05) is 41.0 Å². The van der Waals surface area contributed by atoms with Crippen LogP contribution in [0.15, 0.2) is 12.2 Å². The second kappa shape index (κ2) is 29.5. The Balaban J connectivity index is 4.46. The van der Waals surface area contributed by atoms with Gasteiger partial charge in [0.05, 0.1) is 34.4 Å². The largest absolute Gasteiger partial charge is 0.477 e. The lowest BCUT2D eigenvalue weighted by molar-refractivity contribution is -0.887. The molecule has 0 aliphatic rings. The summed E-state index contributed by atoms with van der Waals surface area (Å²) in [5, 5.41) is 9.55. The van der Waals surface area contributed by atoms with Crippen LogP contribution in [0, 0.1) is 0 Å². The molecule has 0 aromatic carbocycles. The van der Waals surface area contributed by atoms with E-state index in [9.17, 15) is 19.5 Å². The minimum Gasteiger partial charge on any atom is -0.477 e. The van der Waals surface area contributed by atoms with Crippen LogP contribution in [-0.4, -0.2) is 80.6 Å². The fourth-order valence-corrected chi connectivity index (χ4v) is 5.25.